The summed E-state index contributed by atoms with van der Waals surface area (Å²) in [5.41, 5.74) is 2.61. The van der Waals surface area contributed by atoms with E-state index in [2.05, 4.69) is 6.07 Å². The predicted molar refractivity (Wildman–Crippen MR) is 111 cm³/mol. The number of rotatable bonds is 6. The molecule has 1 aliphatic carbocycles. The number of hydrogen-bond acceptors (Lipinski definition) is 3. The fraction of sp³-hybridized carbons (Fsp3) is 0.391. The maximum Gasteiger partial charge on any atom is 0.254 e. The van der Waals surface area contributed by atoms with E-state index < -0.39 is 0 Å². The zero-order valence-corrected chi connectivity index (χ0v) is 16.7. The Hall–Kier alpha value is -2.25. The van der Waals surface area contributed by atoms with Crippen LogP contribution in [0.5, 0.6) is 0 Å². The third-order valence-corrected chi connectivity index (χ3v) is 6.34. The molecule has 1 fully saturated rings. The molecule has 1 saturated carbocycles. The van der Waals surface area contributed by atoms with Crippen LogP contribution in [0, 0.1) is 17.2 Å². The fourth-order valence-corrected chi connectivity index (χ4v) is 4.65. The molecule has 0 aromatic heterocycles. The van der Waals surface area contributed by atoms with Gasteiger partial charge in [0.05, 0.1) is 17.2 Å². The molecule has 0 aliphatic heterocycles. The van der Waals surface area contributed by atoms with Gasteiger partial charge in [-0.1, -0.05) is 43.5 Å². The molecular weight excluding hydrogens is 352 g/mol. The first-order valence-electron chi connectivity index (χ1n) is 9.63. The number of thioether (sulfide) groups is 1. The van der Waals surface area contributed by atoms with Crippen LogP contribution < -0.4 is 0 Å². The topological polar surface area (TPSA) is 44.1 Å². The minimum atomic E-state index is 0.114. The van der Waals surface area contributed by atoms with Crippen LogP contribution >= 0.6 is 11.8 Å². The van der Waals surface area contributed by atoms with Crippen LogP contribution in [0.2, 0.25) is 0 Å². The minimum Gasteiger partial charge on any atom is -0.341 e. The Balaban J connectivity index is 1.65. The van der Waals surface area contributed by atoms with Gasteiger partial charge in [-0.15, -0.1) is 11.8 Å². The molecule has 1 aliphatic rings. The molecule has 0 bridgehead atoms. The number of carbonyl (C=O) groups excluding carboxylic acids is 1. The first-order valence-corrected chi connectivity index (χ1v) is 10.6. The molecule has 0 unspecified atom stereocenters. The molecule has 3 rings (SSSR count). The smallest absolute Gasteiger partial charge is 0.254 e. The molecule has 140 valence electrons. The average molecular weight is 379 g/mol. The van der Waals surface area contributed by atoms with Gasteiger partial charge in [0.25, 0.3) is 5.91 Å². The lowest BCUT2D eigenvalue weighted by atomic mass is 9.89. The molecule has 0 spiro atoms. The summed E-state index contributed by atoms with van der Waals surface area (Å²) in [7, 11) is 1.93. The zero-order valence-electron chi connectivity index (χ0n) is 15.9. The van der Waals surface area contributed by atoms with E-state index in [1.165, 1.54) is 32.1 Å². The van der Waals surface area contributed by atoms with Gasteiger partial charge in [0, 0.05) is 24.2 Å². The van der Waals surface area contributed by atoms with Gasteiger partial charge in [-0.25, -0.2) is 0 Å². The molecule has 27 heavy (non-hydrogen) atoms. The molecule has 0 atom stereocenters. The third-order valence-electron chi connectivity index (χ3n) is 5.20. The highest BCUT2D eigenvalue weighted by molar-refractivity contribution is 7.98. The van der Waals surface area contributed by atoms with Crippen LogP contribution in [0.25, 0.3) is 0 Å². The van der Waals surface area contributed by atoms with Crippen LogP contribution in [-0.2, 0) is 5.75 Å². The van der Waals surface area contributed by atoms with Gasteiger partial charge in [-0.3, -0.25) is 4.79 Å². The van der Waals surface area contributed by atoms with Crippen LogP contribution in [-0.4, -0.2) is 24.4 Å². The van der Waals surface area contributed by atoms with Gasteiger partial charge in [-0.05, 0) is 48.6 Å². The summed E-state index contributed by atoms with van der Waals surface area (Å²) in [6.45, 7) is 0.855. The quantitative estimate of drug-likeness (QED) is 0.623. The van der Waals surface area contributed by atoms with E-state index in [0.717, 1.165) is 28.3 Å². The number of nitrogens with zero attached hydrogens (tertiary/aromatic N) is 2. The normalized spacial score (nSPS) is 14.5. The Labute approximate surface area is 166 Å². The first-order chi connectivity index (χ1) is 13.2. The van der Waals surface area contributed by atoms with Gasteiger partial charge in [0.15, 0.2) is 0 Å². The maximum atomic E-state index is 13.0. The van der Waals surface area contributed by atoms with E-state index in [-0.39, 0.29) is 5.91 Å². The summed E-state index contributed by atoms with van der Waals surface area (Å²) < 4.78 is 0. The van der Waals surface area contributed by atoms with Crippen molar-refractivity contribution in [1.82, 2.24) is 4.90 Å². The summed E-state index contributed by atoms with van der Waals surface area (Å²) in [6, 6.07) is 17.7. The monoisotopic (exact) mass is 378 g/mol. The van der Waals surface area contributed by atoms with Crippen LogP contribution in [0.1, 0.15) is 53.6 Å². The average Bonchev–Trinajstić information content (AvgIpc) is 2.73. The van der Waals surface area contributed by atoms with E-state index in [0.29, 0.717) is 11.5 Å². The lowest BCUT2D eigenvalue weighted by Crippen LogP contribution is -2.32. The summed E-state index contributed by atoms with van der Waals surface area (Å²) in [5.74, 6) is 1.54. The van der Waals surface area contributed by atoms with Crippen LogP contribution in [0.3, 0.4) is 0 Å². The van der Waals surface area contributed by atoms with E-state index in [9.17, 15) is 4.79 Å². The van der Waals surface area contributed by atoms with Crippen LogP contribution in [0.4, 0.5) is 0 Å². The van der Waals surface area contributed by atoms with Crippen molar-refractivity contribution in [3.8, 4) is 6.07 Å². The fourth-order valence-electron chi connectivity index (χ4n) is 3.65. The number of hydrogen-bond donors (Lipinski definition) is 0. The number of nitriles is 1. The summed E-state index contributed by atoms with van der Waals surface area (Å²) >= 11 is 1.68. The Morgan fingerprint density at radius 2 is 1.81 bits per heavy atom. The molecule has 0 saturated heterocycles. The molecule has 2 aromatic carbocycles. The molecular formula is C23H26N2OS. The SMILES string of the molecule is CN(CC1CCCCC1)C(=O)c1ccccc1SCc1ccc(C#N)cc1. The van der Waals surface area contributed by atoms with E-state index in [1.807, 2.05) is 60.5 Å². The molecule has 0 N–H and O–H groups in total. The van der Waals surface area contributed by atoms with Crippen LogP contribution in [0.15, 0.2) is 53.4 Å². The Bertz CT molecular complexity index is 804. The van der Waals surface area contributed by atoms with Gasteiger partial charge in [0.2, 0.25) is 0 Å². The Morgan fingerprint density at radius 1 is 1.11 bits per heavy atom. The highest BCUT2D eigenvalue weighted by Crippen LogP contribution is 2.28. The highest BCUT2D eigenvalue weighted by atomic mass is 32.2. The number of amides is 1. The lowest BCUT2D eigenvalue weighted by Gasteiger charge is -2.27. The molecule has 1 amide bonds. The number of carbonyl (C=O) groups is 1. The minimum absolute atomic E-state index is 0.114. The van der Waals surface area contributed by atoms with Crippen molar-refractivity contribution in [2.45, 2.75) is 42.8 Å². The molecule has 0 radical (unpaired) electrons. The summed E-state index contributed by atoms with van der Waals surface area (Å²) in [5, 5.41) is 8.91. The highest BCUT2D eigenvalue weighted by Gasteiger charge is 2.20. The van der Waals surface area contributed by atoms with Gasteiger partial charge < -0.3 is 4.90 Å². The predicted octanol–water partition coefficient (Wildman–Crippen LogP) is 5.50. The van der Waals surface area contributed by atoms with E-state index >= 15 is 0 Å². The van der Waals surface area contributed by atoms with Crippen molar-refractivity contribution >= 4 is 17.7 Å². The van der Waals surface area contributed by atoms with Crippen molar-refractivity contribution in [2.75, 3.05) is 13.6 Å². The second-order valence-corrected chi connectivity index (χ2v) is 8.30. The van der Waals surface area contributed by atoms with Crippen molar-refractivity contribution in [1.29, 1.82) is 5.26 Å². The molecule has 3 nitrogen and oxygen atoms in total. The third kappa shape index (κ3) is 5.37. The zero-order chi connectivity index (χ0) is 19.1. The van der Waals surface area contributed by atoms with Gasteiger partial charge in [-0.2, -0.15) is 5.26 Å². The van der Waals surface area contributed by atoms with Gasteiger partial charge >= 0.3 is 0 Å². The first kappa shape index (κ1) is 19.5. The van der Waals surface area contributed by atoms with Gasteiger partial charge in [0.1, 0.15) is 0 Å². The standard InChI is InChI=1S/C23H26N2OS/c1-25(16-19-7-3-2-4-8-19)23(26)21-9-5-6-10-22(21)27-17-20-13-11-18(15-24)12-14-20/h5-6,9-14,19H,2-4,7-8,16-17H2,1H3. The largest absolute Gasteiger partial charge is 0.341 e. The molecule has 4 heteroatoms. The summed E-state index contributed by atoms with van der Waals surface area (Å²) in [6.07, 6.45) is 6.41. The second-order valence-electron chi connectivity index (χ2n) is 7.28. The molecule has 2 aromatic rings. The van der Waals surface area contributed by atoms with Crippen molar-refractivity contribution in [2.24, 2.45) is 5.92 Å². The van der Waals surface area contributed by atoms with E-state index in [1.54, 1.807) is 11.8 Å². The van der Waals surface area contributed by atoms with Crippen molar-refractivity contribution in [3.05, 3.63) is 65.2 Å². The number of benzene rings is 2. The van der Waals surface area contributed by atoms with Crippen molar-refractivity contribution < 1.29 is 4.79 Å². The maximum absolute atomic E-state index is 13.0. The van der Waals surface area contributed by atoms with E-state index in [4.69, 9.17) is 5.26 Å². The lowest BCUT2D eigenvalue weighted by molar-refractivity contribution is 0.0757. The summed E-state index contributed by atoms with van der Waals surface area (Å²) in [4.78, 5) is 15.9. The Kier molecular flexibility index (Phi) is 6.95. The Morgan fingerprint density at radius 3 is 2.52 bits per heavy atom. The second kappa shape index (κ2) is 9.62. The van der Waals surface area contributed by atoms with Crippen molar-refractivity contribution in [3.63, 3.8) is 0 Å². The molecule has 0 heterocycles.